The molecule has 0 bridgehead atoms. The number of nitrogens with zero attached hydrogens (tertiary/aromatic N) is 2. The van der Waals surface area contributed by atoms with Crippen LogP contribution in [-0.2, 0) is 0 Å². The molecule has 104 valence electrons. The van der Waals surface area contributed by atoms with E-state index in [0.717, 1.165) is 5.69 Å². The highest BCUT2D eigenvalue weighted by atomic mass is 16.5. The third-order valence-electron chi connectivity index (χ3n) is 2.77. The zero-order chi connectivity index (χ0) is 14.7. The standard InChI is InChI=1S/C15H16N2O3/c1-9(2)13-6-11(15(18)19)7-14(17-13)20-12-5-4-10(3)16-8-12/h4-9H,1-3H3,(H,18,19). The van der Waals surface area contributed by atoms with E-state index >= 15 is 0 Å². The van der Waals surface area contributed by atoms with Crippen LogP contribution in [0.3, 0.4) is 0 Å². The summed E-state index contributed by atoms with van der Waals surface area (Å²) in [5.41, 5.74) is 1.73. The Bertz CT molecular complexity index is 622. The maximum absolute atomic E-state index is 11.1. The minimum Gasteiger partial charge on any atom is -0.478 e. The Labute approximate surface area is 117 Å². The Hall–Kier alpha value is -2.43. The Kier molecular flexibility index (Phi) is 3.98. The number of aromatic nitrogens is 2. The summed E-state index contributed by atoms with van der Waals surface area (Å²) in [7, 11) is 0. The number of carbonyl (C=O) groups is 1. The molecule has 0 aliphatic carbocycles. The quantitative estimate of drug-likeness (QED) is 0.923. The Morgan fingerprint density at radius 2 is 2.05 bits per heavy atom. The largest absolute Gasteiger partial charge is 0.478 e. The lowest BCUT2D eigenvalue weighted by atomic mass is 10.1. The summed E-state index contributed by atoms with van der Waals surface area (Å²) >= 11 is 0. The van der Waals surface area contributed by atoms with Crippen LogP contribution in [-0.4, -0.2) is 21.0 Å². The van der Waals surface area contributed by atoms with Crippen molar-refractivity contribution in [1.82, 2.24) is 9.97 Å². The summed E-state index contributed by atoms with van der Waals surface area (Å²) in [5, 5.41) is 9.12. The molecular weight excluding hydrogens is 256 g/mol. The van der Waals surface area contributed by atoms with Crippen molar-refractivity contribution in [2.24, 2.45) is 0 Å². The summed E-state index contributed by atoms with van der Waals surface area (Å²) in [5.74, 6) is -0.0893. The molecule has 0 atom stereocenters. The number of aromatic carboxylic acids is 1. The number of carboxylic acid groups (broad SMARTS) is 1. The number of aryl methyl sites for hydroxylation is 1. The first-order valence-corrected chi connectivity index (χ1v) is 6.31. The predicted molar refractivity (Wildman–Crippen MR) is 74.3 cm³/mol. The zero-order valence-electron chi connectivity index (χ0n) is 11.6. The van der Waals surface area contributed by atoms with E-state index in [2.05, 4.69) is 9.97 Å². The monoisotopic (exact) mass is 272 g/mol. The van der Waals surface area contributed by atoms with E-state index in [9.17, 15) is 4.79 Å². The van der Waals surface area contributed by atoms with Crippen molar-refractivity contribution in [2.75, 3.05) is 0 Å². The lowest BCUT2D eigenvalue weighted by Crippen LogP contribution is -2.03. The summed E-state index contributed by atoms with van der Waals surface area (Å²) < 4.78 is 5.58. The fraction of sp³-hybridized carbons (Fsp3) is 0.267. The molecule has 5 nitrogen and oxygen atoms in total. The topological polar surface area (TPSA) is 72.3 Å². The summed E-state index contributed by atoms with van der Waals surface area (Å²) in [6.45, 7) is 5.78. The Balaban J connectivity index is 2.35. The third-order valence-corrected chi connectivity index (χ3v) is 2.77. The van der Waals surface area contributed by atoms with Gasteiger partial charge in [-0.05, 0) is 31.0 Å². The van der Waals surface area contributed by atoms with Gasteiger partial charge in [-0.1, -0.05) is 13.8 Å². The molecule has 0 aromatic carbocycles. The van der Waals surface area contributed by atoms with Gasteiger partial charge in [-0.25, -0.2) is 9.78 Å². The van der Waals surface area contributed by atoms with E-state index in [1.54, 1.807) is 18.3 Å². The van der Waals surface area contributed by atoms with Crippen LogP contribution in [0, 0.1) is 6.92 Å². The lowest BCUT2D eigenvalue weighted by Gasteiger charge is -2.10. The van der Waals surface area contributed by atoms with Crippen LogP contribution < -0.4 is 4.74 Å². The second-order valence-corrected chi connectivity index (χ2v) is 4.82. The van der Waals surface area contributed by atoms with Gasteiger partial charge >= 0.3 is 5.97 Å². The fourth-order valence-corrected chi connectivity index (χ4v) is 1.63. The first-order chi connectivity index (χ1) is 9.45. The van der Waals surface area contributed by atoms with Gasteiger partial charge in [0.25, 0.3) is 0 Å². The van der Waals surface area contributed by atoms with Gasteiger partial charge < -0.3 is 9.84 Å². The first kappa shape index (κ1) is 14.0. The number of rotatable bonds is 4. The van der Waals surface area contributed by atoms with Gasteiger partial charge in [-0.3, -0.25) is 4.98 Å². The van der Waals surface area contributed by atoms with E-state index in [1.807, 2.05) is 26.8 Å². The van der Waals surface area contributed by atoms with Crippen LogP contribution in [0.15, 0.2) is 30.5 Å². The normalized spacial score (nSPS) is 10.6. The molecule has 2 aromatic heterocycles. The second kappa shape index (κ2) is 5.69. The summed E-state index contributed by atoms with van der Waals surface area (Å²) in [4.78, 5) is 19.6. The SMILES string of the molecule is Cc1ccc(Oc2cc(C(=O)O)cc(C(C)C)n2)cn1. The van der Waals surface area contributed by atoms with Gasteiger partial charge in [-0.2, -0.15) is 0 Å². The zero-order valence-corrected chi connectivity index (χ0v) is 11.6. The minimum absolute atomic E-state index is 0.118. The van der Waals surface area contributed by atoms with Crippen molar-refractivity contribution in [1.29, 1.82) is 0 Å². The highest BCUT2D eigenvalue weighted by molar-refractivity contribution is 5.88. The van der Waals surface area contributed by atoms with Crippen molar-refractivity contribution in [3.8, 4) is 11.6 Å². The molecular formula is C15H16N2O3. The number of ether oxygens (including phenoxy) is 1. The second-order valence-electron chi connectivity index (χ2n) is 4.82. The molecule has 0 fully saturated rings. The number of pyridine rings is 2. The van der Waals surface area contributed by atoms with Gasteiger partial charge in [0.05, 0.1) is 11.8 Å². The van der Waals surface area contributed by atoms with Crippen molar-refractivity contribution in [3.63, 3.8) is 0 Å². The minimum atomic E-state index is -0.999. The van der Waals surface area contributed by atoms with E-state index in [1.165, 1.54) is 6.07 Å². The summed E-state index contributed by atoms with van der Waals surface area (Å²) in [6.07, 6.45) is 1.58. The first-order valence-electron chi connectivity index (χ1n) is 6.31. The number of hydrogen-bond donors (Lipinski definition) is 1. The molecule has 0 radical (unpaired) electrons. The average Bonchev–Trinajstić information content (AvgIpc) is 2.41. The molecule has 1 N–H and O–H groups in total. The fourth-order valence-electron chi connectivity index (χ4n) is 1.63. The average molecular weight is 272 g/mol. The van der Waals surface area contributed by atoms with E-state index in [0.29, 0.717) is 11.4 Å². The Morgan fingerprint density at radius 3 is 2.60 bits per heavy atom. The van der Waals surface area contributed by atoms with Crippen LogP contribution in [0.2, 0.25) is 0 Å². The molecule has 0 aliphatic rings. The lowest BCUT2D eigenvalue weighted by molar-refractivity contribution is 0.0696. The predicted octanol–water partition coefficient (Wildman–Crippen LogP) is 3.40. The molecule has 0 unspecified atom stereocenters. The van der Waals surface area contributed by atoms with Gasteiger partial charge in [0, 0.05) is 17.5 Å². The van der Waals surface area contributed by atoms with Crippen LogP contribution in [0.25, 0.3) is 0 Å². The van der Waals surface area contributed by atoms with Crippen LogP contribution in [0.5, 0.6) is 11.6 Å². The smallest absolute Gasteiger partial charge is 0.335 e. The van der Waals surface area contributed by atoms with Crippen molar-refractivity contribution < 1.29 is 14.6 Å². The van der Waals surface area contributed by atoms with Crippen LogP contribution in [0.4, 0.5) is 0 Å². The molecule has 5 heteroatoms. The maximum Gasteiger partial charge on any atom is 0.335 e. The van der Waals surface area contributed by atoms with Crippen molar-refractivity contribution >= 4 is 5.97 Å². The molecule has 2 rings (SSSR count). The van der Waals surface area contributed by atoms with Gasteiger partial charge in [-0.15, -0.1) is 0 Å². The third kappa shape index (κ3) is 3.32. The molecule has 0 aliphatic heterocycles. The summed E-state index contributed by atoms with van der Waals surface area (Å²) in [6, 6.07) is 6.56. The maximum atomic E-state index is 11.1. The Morgan fingerprint density at radius 1 is 1.30 bits per heavy atom. The van der Waals surface area contributed by atoms with Crippen LogP contribution >= 0.6 is 0 Å². The van der Waals surface area contributed by atoms with Gasteiger partial charge in [0.2, 0.25) is 5.88 Å². The van der Waals surface area contributed by atoms with Crippen molar-refractivity contribution in [2.45, 2.75) is 26.7 Å². The van der Waals surface area contributed by atoms with Crippen molar-refractivity contribution in [3.05, 3.63) is 47.4 Å². The molecule has 0 amide bonds. The van der Waals surface area contributed by atoms with E-state index in [4.69, 9.17) is 9.84 Å². The van der Waals surface area contributed by atoms with Gasteiger partial charge in [0.1, 0.15) is 5.75 Å². The van der Waals surface area contributed by atoms with E-state index < -0.39 is 5.97 Å². The molecule has 0 saturated heterocycles. The number of carboxylic acids is 1. The van der Waals surface area contributed by atoms with Crippen LogP contribution in [0.1, 0.15) is 41.5 Å². The molecule has 2 heterocycles. The number of hydrogen-bond acceptors (Lipinski definition) is 4. The highest BCUT2D eigenvalue weighted by Gasteiger charge is 2.12. The molecule has 2 aromatic rings. The molecule has 0 spiro atoms. The highest BCUT2D eigenvalue weighted by Crippen LogP contribution is 2.23. The van der Waals surface area contributed by atoms with Gasteiger partial charge in [0.15, 0.2) is 0 Å². The van der Waals surface area contributed by atoms with E-state index in [-0.39, 0.29) is 17.4 Å². The molecule has 20 heavy (non-hydrogen) atoms. The molecule has 0 saturated carbocycles.